The highest BCUT2D eigenvalue weighted by Gasteiger charge is 2.67. The van der Waals surface area contributed by atoms with Gasteiger partial charge in [0.25, 0.3) is 12.3 Å². The van der Waals surface area contributed by atoms with E-state index in [0.29, 0.717) is 36.4 Å². The SMILES string of the molecule is O=C(Nc1ccc(F)c(CC(=O)C(F)F)c1F)c1cc(NC(=O)[C@H]2[C@H](c3ccc(F)c(C(F)(F)F)c3)C2(Cl)Cl)c(F)cc1Cl. The zero-order valence-electron chi connectivity index (χ0n) is 21.2. The van der Waals surface area contributed by atoms with Crippen LogP contribution in [-0.2, 0) is 22.2 Å². The zero-order chi connectivity index (χ0) is 32.9. The molecule has 4 rings (SSSR count). The largest absolute Gasteiger partial charge is 0.419 e. The van der Waals surface area contributed by atoms with Gasteiger partial charge in [0.05, 0.1) is 33.4 Å². The molecule has 2 atom stereocenters. The molecule has 2 N–H and O–H groups in total. The van der Waals surface area contributed by atoms with E-state index in [-0.39, 0.29) is 5.56 Å². The predicted molar refractivity (Wildman–Crippen MR) is 141 cm³/mol. The lowest BCUT2D eigenvalue weighted by Gasteiger charge is -2.13. The second-order valence-electron chi connectivity index (χ2n) is 9.45. The third-order valence-electron chi connectivity index (χ3n) is 6.58. The summed E-state index contributed by atoms with van der Waals surface area (Å²) in [4.78, 5) is 37.1. The summed E-state index contributed by atoms with van der Waals surface area (Å²) in [6, 6.07) is 4.48. The van der Waals surface area contributed by atoms with Crippen LogP contribution in [0.5, 0.6) is 0 Å². The quantitative estimate of drug-likeness (QED) is 0.185. The van der Waals surface area contributed by atoms with Crippen LogP contribution in [0, 0.1) is 29.2 Å². The number of nitrogens with one attached hydrogen (secondary N) is 2. The van der Waals surface area contributed by atoms with Gasteiger partial charge in [0.1, 0.15) is 21.8 Å². The summed E-state index contributed by atoms with van der Waals surface area (Å²) in [6.45, 7) is 0. The van der Waals surface area contributed by atoms with Crippen LogP contribution >= 0.6 is 34.8 Å². The summed E-state index contributed by atoms with van der Waals surface area (Å²) in [5.41, 5.74) is -4.96. The number of carbonyl (C=O) groups excluding carboxylic acids is 3. The lowest BCUT2D eigenvalue weighted by molar-refractivity contribution is -0.140. The van der Waals surface area contributed by atoms with Gasteiger partial charge < -0.3 is 10.6 Å². The fraction of sp³-hybridized carbons (Fsp3) is 0.222. The fourth-order valence-corrected chi connectivity index (χ4v) is 5.41. The molecule has 1 aliphatic rings. The first-order valence-corrected chi connectivity index (χ1v) is 13.1. The Morgan fingerprint density at radius 3 is 2.11 bits per heavy atom. The standard InChI is InChI=1S/C27H14Cl3F9N2O3/c28-13-8-16(33)18(6-10(13)24(43)40-17-4-3-14(31)11(22(17)34)7-19(42)23(35)36)41-25(44)21-20(26(21,29)30)9-1-2-15(32)12(5-9)27(37,38)39/h1-6,8,20-21,23H,7H2,(H,40,43)(H,41,44)/t20-,21+/m0/s1. The Bertz CT molecular complexity index is 1680. The highest BCUT2D eigenvalue weighted by atomic mass is 35.5. The molecule has 0 aromatic heterocycles. The first-order chi connectivity index (χ1) is 20.3. The molecule has 44 heavy (non-hydrogen) atoms. The van der Waals surface area contributed by atoms with Crippen molar-refractivity contribution in [3.63, 3.8) is 0 Å². The number of ketones is 1. The Morgan fingerprint density at radius 1 is 0.864 bits per heavy atom. The molecule has 0 saturated heterocycles. The Kier molecular flexibility index (Phi) is 9.21. The molecule has 1 fully saturated rings. The van der Waals surface area contributed by atoms with Gasteiger partial charge in [-0.15, -0.1) is 23.2 Å². The van der Waals surface area contributed by atoms with Crippen molar-refractivity contribution in [2.24, 2.45) is 5.92 Å². The first kappa shape index (κ1) is 33.4. The number of carbonyl (C=O) groups is 3. The van der Waals surface area contributed by atoms with Crippen LogP contribution in [0.15, 0.2) is 42.5 Å². The maximum absolute atomic E-state index is 14.8. The molecule has 0 bridgehead atoms. The number of anilines is 2. The van der Waals surface area contributed by atoms with E-state index >= 15 is 0 Å². The highest BCUT2D eigenvalue weighted by Crippen LogP contribution is 2.65. The molecular formula is C27H14Cl3F9N2O3. The molecular weight excluding hydrogens is 678 g/mol. The van der Waals surface area contributed by atoms with Gasteiger partial charge in [-0.1, -0.05) is 17.7 Å². The van der Waals surface area contributed by atoms with Gasteiger partial charge in [-0.05, 0) is 42.0 Å². The monoisotopic (exact) mass is 690 g/mol. The van der Waals surface area contributed by atoms with E-state index in [0.717, 1.165) is 6.07 Å². The molecule has 5 nitrogen and oxygen atoms in total. The van der Waals surface area contributed by atoms with Crippen molar-refractivity contribution in [1.82, 2.24) is 0 Å². The van der Waals surface area contributed by atoms with Crippen LogP contribution < -0.4 is 10.6 Å². The summed E-state index contributed by atoms with van der Waals surface area (Å²) in [7, 11) is 0. The fourth-order valence-electron chi connectivity index (χ4n) is 4.35. The van der Waals surface area contributed by atoms with E-state index < -0.39 is 109 Å². The number of alkyl halides is 7. The maximum atomic E-state index is 14.8. The van der Waals surface area contributed by atoms with Crippen molar-refractivity contribution in [3.8, 4) is 0 Å². The lowest BCUT2D eigenvalue weighted by atomic mass is 10.0. The molecule has 2 amide bonds. The molecule has 17 heteroatoms. The average Bonchev–Trinajstić information content (AvgIpc) is 3.50. The van der Waals surface area contributed by atoms with Gasteiger partial charge in [-0.25, -0.2) is 26.3 Å². The van der Waals surface area contributed by atoms with Crippen molar-refractivity contribution < 1.29 is 53.9 Å². The Morgan fingerprint density at radius 2 is 1.50 bits per heavy atom. The molecule has 1 aliphatic carbocycles. The third kappa shape index (κ3) is 6.61. The molecule has 0 heterocycles. The summed E-state index contributed by atoms with van der Waals surface area (Å²) in [6.07, 6.45) is -9.91. The molecule has 1 saturated carbocycles. The molecule has 0 unspecified atom stereocenters. The normalized spacial score (nSPS) is 17.4. The molecule has 0 spiro atoms. The van der Waals surface area contributed by atoms with Crippen LogP contribution in [0.25, 0.3) is 0 Å². The van der Waals surface area contributed by atoms with Gasteiger partial charge in [0.15, 0.2) is 5.82 Å². The van der Waals surface area contributed by atoms with Gasteiger partial charge in [-0.2, -0.15) is 13.2 Å². The van der Waals surface area contributed by atoms with Crippen LogP contribution in [0.4, 0.5) is 50.9 Å². The number of hydrogen-bond acceptors (Lipinski definition) is 3. The van der Waals surface area contributed by atoms with Gasteiger partial charge in [0, 0.05) is 17.9 Å². The number of Topliss-reactive ketones (excluding diaryl/α,β-unsaturated/α-hetero) is 1. The molecule has 0 radical (unpaired) electrons. The molecule has 3 aromatic carbocycles. The van der Waals surface area contributed by atoms with Gasteiger partial charge in [0.2, 0.25) is 11.7 Å². The summed E-state index contributed by atoms with van der Waals surface area (Å²) in [5.74, 6) is -12.6. The van der Waals surface area contributed by atoms with Crippen molar-refractivity contribution in [1.29, 1.82) is 0 Å². The predicted octanol–water partition coefficient (Wildman–Crippen LogP) is 8.07. The lowest BCUT2D eigenvalue weighted by Crippen LogP contribution is -2.20. The van der Waals surface area contributed by atoms with Crippen LogP contribution in [-0.4, -0.2) is 28.4 Å². The minimum absolute atomic E-state index is 0.239. The van der Waals surface area contributed by atoms with E-state index in [1.54, 1.807) is 0 Å². The summed E-state index contributed by atoms with van der Waals surface area (Å²) < 4.78 is 120. The van der Waals surface area contributed by atoms with Crippen LogP contribution in [0.2, 0.25) is 5.02 Å². The van der Waals surface area contributed by atoms with E-state index in [1.807, 2.05) is 5.32 Å². The molecule has 3 aromatic rings. The molecule has 0 aliphatic heterocycles. The van der Waals surface area contributed by atoms with Crippen LogP contribution in [0.1, 0.15) is 33.0 Å². The number of halogens is 12. The van der Waals surface area contributed by atoms with Gasteiger partial charge >= 0.3 is 6.18 Å². The van der Waals surface area contributed by atoms with Gasteiger partial charge in [-0.3, -0.25) is 14.4 Å². The van der Waals surface area contributed by atoms with E-state index in [2.05, 4.69) is 5.32 Å². The first-order valence-electron chi connectivity index (χ1n) is 12.0. The van der Waals surface area contributed by atoms with E-state index in [4.69, 9.17) is 34.8 Å². The highest BCUT2D eigenvalue weighted by molar-refractivity contribution is 6.53. The zero-order valence-corrected chi connectivity index (χ0v) is 23.5. The maximum Gasteiger partial charge on any atom is 0.419 e. The Hall–Kier alpha value is -3.49. The van der Waals surface area contributed by atoms with Crippen molar-refractivity contribution >= 4 is 63.8 Å². The topological polar surface area (TPSA) is 75.3 Å². The molecule has 234 valence electrons. The van der Waals surface area contributed by atoms with Crippen molar-refractivity contribution in [3.05, 3.63) is 93.0 Å². The van der Waals surface area contributed by atoms with Crippen molar-refractivity contribution in [2.45, 2.75) is 29.3 Å². The minimum atomic E-state index is -5.07. The number of hydrogen-bond donors (Lipinski definition) is 2. The second kappa shape index (κ2) is 12.1. The smallest absolute Gasteiger partial charge is 0.323 e. The van der Waals surface area contributed by atoms with E-state index in [1.165, 1.54) is 0 Å². The Labute approximate surface area is 256 Å². The third-order valence-corrected chi connectivity index (χ3v) is 7.83. The van der Waals surface area contributed by atoms with Crippen molar-refractivity contribution in [2.75, 3.05) is 10.6 Å². The number of rotatable bonds is 8. The number of benzene rings is 3. The summed E-state index contributed by atoms with van der Waals surface area (Å²) >= 11 is 18.2. The van der Waals surface area contributed by atoms with Crippen LogP contribution in [0.3, 0.4) is 0 Å². The Balaban J connectivity index is 1.57. The van der Waals surface area contributed by atoms with E-state index in [9.17, 15) is 53.9 Å². The minimum Gasteiger partial charge on any atom is -0.323 e. The summed E-state index contributed by atoms with van der Waals surface area (Å²) in [5, 5.41) is 3.49. The number of amides is 2. The average molecular weight is 692 g/mol. The second-order valence-corrected chi connectivity index (χ2v) is 11.3.